The number of likely N-dealkylation sites (N-methyl/N-ethyl adjacent to an activating group) is 1. The standard InChI is InChI=1S/C31H42Cl2FN7O5/c1-29(2,3)46-28(44)41-19-6-9-31(41,17-39(14-19)26-21-13-35-25(32)23(34)24(21)36-27(33)37-26)16-38(4)22(43)7-11-45-20-12-30(18-42)8-5-10-40(30)15-20/h13,19-20,42H,5-12,14-18H2,1-4H3/t19?,20-,30-,31?/m1/s1. The van der Waals surface area contributed by atoms with E-state index >= 15 is 0 Å². The first-order chi connectivity index (χ1) is 21.7. The summed E-state index contributed by atoms with van der Waals surface area (Å²) >= 11 is 12.2. The summed E-state index contributed by atoms with van der Waals surface area (Å²) in [6, 6.07) is -0.250. The van der Waals surface area contributed by atoms with Gasteiger partial charge >= 0.3 is 6.09 Å². The Morgan fingerprint density at radius 1 is 1.20 bits per heavy atom. The molecule has 2 amide bonds. The van der Waals surface area contributed by atoms with Gasteiger partial charge in [-0.05, 0) is 71.0 Å². The van der Waals surface area contributed by atoms with Crippen LogP contribution in [0.25, 0.3) is 10.9 Å². The van der Waals surface area contributed by atoms with Crippen LogP contribution in [-0.2, 0) is 14.3 Å². The minimum absolute atomic E-state index is 0.0157. The number of hydrogen-bond acceptors (Lipinski definition) is 10. The van der Waals surface area contributed by atoms with Crippen LogP contribution in [0.15, 0.2) is 6.20 Å². The number of hydrogen-bond donors (Lipinski definition) is 1. The van der Waals surface area contributed by atoms with Crippen LogP contribution in [-0.4, -0.2) is 129 Å². The van der Waals surface area contributed by atoms with E-state index in [1.165, 1.54) is 6.20 Å². The quantitative estimate of drug-likeness (QED) is 0.324. The Balaban J connectivity index is 1.20. The molecule has 4 aliphatic rings. The van der Waals surface area contributed by atoms with Gasteiger partial charge in [-0.1, -0.05) is 11.6 Å². The lowest BCUT2D eigenvalue weighted by atomic mass is 9.93. The highest BCUT2D eigenvalue weighted by molar-refractivity contribution is 6.30. The lowest BCUT2D eigenvalue weighted by Crippen LogP contribution is -2.67. The third-order valence-corrected chi connectivity index (χ3v) is 10.3. The SMILES string of the molecule is CN(CC12CCC(CN(c3nc(Cl)nc4c(F)c(Cl)ncc34)C1)N2C(=O)OC(C)(C)C)C(=O)CCO[C@H]1CN2CCC[C@]2(CO)C1. The van der Waals surface area contributed by atoms with Crippen LogP contribution in [0, 0.1) is 5.82 Å². The maximum Gasteiger partial charge on any atom is 0.411 e. The second-order valence-electron chi connectivity index (χ2n) is 14.2. The average molecular weight is 683 g/mol. The molecule has 15 heteroatoms. The molecular weight excluding hydrogens is 640 g/mol. The number of aliphatic hydroxyl groups excluding tert-OH is 1. The van der Waals surface area contributed by atoms with Crippen LogP contribution in [0.4, 0.5) is 15.0 Å². The van der Waals surface area contributed by atoms with E-state index in [0.717, 1.165) is 32.4 Å². The Labute approximate surface area is 278 Å². The summed E-state index contributed by atoms with van der Waals surface area (Å²) in [5, 5.41) is 9.90. The number of rotatable bonds is 8. The van der Waals surface area contributed by atoms with E-state index in [4.69, 9.17) is 32.7 Å². The van der Waals surface area contributed by atoms with Crippen LogP contribution in [0.1, 0.15) is 59.3 Å². The fourth-order valence-electron chi connectivity index (χ4n) is 7.96. The van der Waals surface area contributed by atoms with Gasteiger partial charge in [0.05, 0.1) is 42.7 Å². The van der Waals surface area contributed by atoms with Crippen molar-refractivity contribution >= 4 is 51.9 Å². The molecule has 6 rings (SSSR count). The first kappa shape index (κ1) is 33.3. The Morgan fingerprint density at radius 2 is 1.98 bits per heavy atom. The van der Waals surface area contributed by atoms with E-state index in [9.17, 15) is 19.1 Å². The molecule has 12 nitrogen and oxygen atoms in total. The predicted octanol–water partition coefficient (Wildman–Crippen LogP) is 3.89. The molecular formula is C31H42Cl2FN7O5. The summed E-state index contributed by atoms with van der Waals surface area (Å²) in [5.74, 6) is -0.504. The molecule has 4 saturated heterocycles. The fraction of sp³-hybridized carbons (Fsp3) is 0.710. The van der Waals surface area contributed by atoms with E-state index in [-0.39, 0.29) is 65.7 Å². The minimum Gasteiger partial charge on any atom is -0.444 e. The molecule has 0 aromatic carbocycles. The number of anilines is 1. The largest absolute Gasteiger partial charge is 0.444 e. The van der Waals surface area contributed by atoms with Gasteiger partial charge < -0.3 is 24.4 Å². The van der Waals surface area contributed by atoms with Gasteiger partial charge in [-0.2, -0.15) is 4.98 Å². The summed E-state index contributed by atoms with van der Waals surface area (Å²) in [4.78, 5) is 47.4. The number of carbonyl (C=O) groups is 2. The second kappa shape index (κ2) is 12.5. The summed E-state index contributed by atoms with van der Waals surface area (Å²) in [6.07, 6.45) is 5.28. The summed E-state index contributed by atoms with van der Waals surface area (Å²) in [5.41, 5.74) is -1.75. The lowest BCUT2D eigenvalue weighted by Gasteiger charge is -2.50. The van der Waals surface area contributed by atoms with E-state index in [2.05, 4.69) is 19.9 Å². The Hall–Kier alpha value is -2.58. The number of aliphatic hydroxyl groups is 1. The van der Waals surface area contributed by atoms with Gasteiger partial charge in [0, 0.05) is 45.0 Å². The number of fused-ring (bicyclic) bond motifs is 4. The molecule has 46 heavy (non-hydrogen) atoms. The second-order valence-corrected chi connectivity index (χ2v) is 14.9. The van der Waals surface area contributed by atoms with Gasteiger partial charge in [0.25, 0.3) is 0 Å². The molecule has 2 aromatic heterocycles. The highest BCUT2D eigenvalue weighted by Gasteiger charge is 2.56. The van der Waals surface area contributed by atoms with Crippen LogP contribution >= 0.6 is 23.2 Å². The number of amides is 2. The molecule has 252 valence electrons. The molecule has 6 heterocycles. The predicted molar refractivity (Wildman–Crippen MR) is 171 cm³/mol. The monoisotopic (exact) mass is 681 g/mol. The van der Waals surface area contributed by atoms with Gasteiger partial charge in [-0.25, -0.2) is 19.2 Å². The topological polar surface area (TPSA) is 124 Å². The number of carbonyl (C=O) groups excluding carboxylic acids is 2. The molecule has 1 N–H and O–H groups in total. The molecule has 0 aliphatic carbocycles. The van der Waals surface area contributed by atoms with Crippen LogP contribution in [0.3, 0.4) is 0 Å². The van der Waals surface area contributed by atoms with Crippen molar-refractivity contribution in [2.45, 2.75) is 88.1 Å². The average Bonchev–Trinajstić information content (AvgIpc) is 3.60. The number of halogens is 3. The molecule has 0 saturated carbocycles. The van der Waals surface area contributed by atoms with Crippen molar-refractivity contribution < 1.29 is 28.6 Å². The minimum atomic E-state index is -0.817. The normalized spacial score (nSPS) is 27.8. The Kier molecular flexibility index (Phi) is 9.03. The lowest BCUT2D eigenvalue weighted by molar-refractivity contribution is -0.133. The van der Waals surface area contributed by atoms with Crippen LogP contribution in [0.2, 0.25) is 10.4 Å². The van der Waals surface area contributed by atoms with Gasteiger partial charge in [-0.15, -0.1) is 0 Å². The van der Waals surface area contributed by atoms with Crippen molar-refractivity contribution in [3.63, 3.8) is 0 Å². The van der Waals surface area contributed by atoms with Gasteiger partial charge in [0.1, 0.15) is 16.9 Å². The Bertz CT molecular complexity index is 1510. The smallest absolute Gasteiger partial charge is 0.411 e. The van der Waals surface area contributed by atoms with Gasteiger partial charge in [-0.3, -0.25) is 14.6 Å². The number of pyridine rings is 1. The van der Waals surface area contributed by atoms with E-state index in [1.807, 2.05) is 25.7 Å². The first-order valence-corrected chi connectivity index (χ1v) is 16.7. The van der Waals surface area contributed by atoms with Crippen molar-refractivity contribution in [1.82, 2.24) is 29.7 Å². The summed E-state index contributed by atoms with van der Waals surface area (Å²) in [6.45, 7) is 8.54. The highest BCUT2D eigenvalue weighted by Crippen LogP contribution is 2.43. The summed E-state index contributed by atoms with van der Waals surface area (Å²) in [7, 11) is 1.74. The number of piperazine rings is 1. The molecule has 0 radical (unpaired) electrons. The van der Waals surface area contributed by atoms with E-state index in [0.29, 0.717) is 37.1 Å². The third kappa shape index (κ3) is 6.21. The van der Waals surface area contributed by atoms with Gasteiger partial charge in [0.15, 0.2) is 11.0 Å². The van der Waals surface area contributed by atoms with Gasteiger partial charge in [0.2, 0.25) is 11.2 Å². The zero-order chi connectivity index (χ0) is 33.0. The zero-order valence-corrected chi connectivity index (χ0v) is 28.3. The molecule has 4 atom stereocenters. The van der Waals surface area contributed by atoms with Crippen LogP contribution < -0.4 is 4.90 Å². The number of aromatic nitrogens is 3. The number of ether oxygens (including phenoxy) is 2. The van der Waals surface area contributed by atoms with Crippen molar-refractivity contribution in [1.29, 1.82) is 0 Å². The number of nitrogens with zero attached hydrogens (tertiary/aromatic N) is 7. The molecule has 2 aromatic rings. The highest BCUT2D eigenvalue weighted by atomic mass is 35.5. The fourth-order valence-corrected chi connectivity index (χ4v) is 8.26. The van der Waals surface area contributed by atoms with E-state index < -0.39 is 23.1 Å². The molecule has 4 fully saturated rings. The maximum absolute atomic E-state index is 15.0. The van der Waals surface area contributed by atoms with Crippen LogP contribution in [0.5, 0.6) is 0 Å². The summed E-state index contributed by atoms with van der Waals surface area (Å²) < 4.78 is 26.9. The van der Waals surface area contributed by atoms with Crippen molar-refractivity contribution in [3.05, 3.63) is 22.5 Å². The maximum atomic E-state index is 15.0. The molecule has 4 aliphatic heterocycles. The first-order valence-electron chi connectivity index (χ1n) is 15.9. The molecule has 2 bridgehead atoms. The third-order valence-electron chi connectivity index (χ3n) is 9.91. The van der Waals surface area contributed by atoms with Crippen molar-refractivity contribution in [2.24, 2.45) is 0 Å². The van der Waals surface area contributed by atoms with Crippen molar-refractivity contribution in [3.8, 4) is 0 Å². The Morgan fingerprint density at radius 3 is 2.70 bits per heavy atom. The van der Waals surface area contributed by atoms with Crippen molar-refractivity contribution in [2.75, 3.05) is 57.9 Å². The zero-order valence-electron chi connectivity index (χ0n) is 26.8. The molecule has 2 unspecified atom stereocenters. The van der Waals surface area contributed by atoms with E-state index in [1.54, 1.807) is 16.8 Å². The molecule has 0 spiro atoms.